The monoisotopic (exact) mass is 274 g/mol. The van der Waals surface area contributed by atoms with Crippen LogP contribution in [0.15, 0.2) is 24.3 Å². The van der Waals surface area contributed by atoms with Crippen LogP contribution in [0.5, 0.6) is 0 Å². The van der Waals surface area contributed by atoms with Crippen LogP contribution in [-0.4, -0.2) is 26.0 Å². The van der Waals surface area contributed by atoms with E-state index in [0.29, 0.717) is 19.5 Å². The molecule has 1 aromatic rings. The second-order valence-corrected chi connectivity index (χ2v) is 4.11. The minimum Gasteiger partial charge on any atom is -0.355 e. The maximum Gasteiger partial charge on any atom is 0.221 e. The van der Waals surface area contributed by atoms with E-state index in [9.17, 15) is 9.18 Å². The third kappa shape index (κ3) is 5.98. The van der Waals surface area contributed by atoms with E-state index < -0.39 is 0 Å². The molecule has 0 radical (unpaired) electrons. The standard InChI is InChI=1S/C13H19FN2O.ClH/c1-10(9-16-13(17)7-8-15-2)11-3-5-12(14)6-4-11;/h3-6,10,15H,7-9H2,1-2H3,(H,16,17);1H. The van der Waals surface area contributed by atoms with Gasteiger partial charge in [0, 0.05) is 19.5 Å². The summed E-state index contributed by atoms with van der Waals surface area (Å²) in [5.74, 6) is -0.0125. The molecule has 2 N–H and O–H groups in total. The molecular formula is C13H20ClFN2O. The van der Waals surface area contributed by atoms with Gasteiger partial charge in [0.1, 0.15) is 5.82 Å². The molecule has 0 spiro atoms. The van der Waals surface area contributed by atoms with Gasteiger partial charge >= 0.3 is 0 Å². The molecule has 1 unspecified atom stereocenters. The van der Waals surface area contributed by atoms with Crippen LogP contribution in [-0.2, 0) is 4.79 Å². The molecule has 0 aliphatic heterocycles. The zero-order valence-corrected chi connectivity index (χ0v) is 11.5. The highest BCUT2D eigenvalue weighted by molar-refractivity contribution is 5.85. The lowest BCUT2D eigenvalue weighted by Gasteiger charge is -2.13. The molecule has 102 valence electrons. The van der Waals surface area contributed by atoms with Gasteiger partial charge in [0.05, 0.1) is 0 Å². The summed E-state index contributed by atoms with van der Waals surface area (Å²) >= 11 is 0. The summed E-state index contributed by atoms with van der Waals surface area (Å²) in [6.45, 7) is 3.26. The number of carbonyl (C=O) groups is 1. The Hall–Kier alpha value is -1.13. The molecule has 18 heavy (non-hydrogen) atoms. The average molecular weight is 275 g/mol. The van der Waals surface area contributed by atoms with Gasteiger partial charge in [-0.1, -0.05) is 19.1 Å². The zero-order chi connectivity index (χ0) is 12.7. The van der Waals surface area contributed by atoms with E-state index >= 15 is 0 Å². The van der Waals surface area contributed by atoms with Crippen LogP contribution in [0.1, 0.15) is 24.8 Å². The molecular weight excluding hydrogens is 255 g/mol. The minimum atomic E-state index is -0.237. The Morgan fingerprint density at radius 2 is 1.94 bits per heavy atom. The molecule has 0 saturated heterocycles. The predicted octanol–water partition coefficient (Wildman–Crippen LogP) is 2.08. The average Bonchev–Trinajstić information content (AvgIpc) is 2.34. The van der Waals surface area contributed by atoms with Crippen molar-refractivity contribution >= 4 is 18.3 Å². The van der Waals surface area contributed by atoms with Crippen molar-refractivity contribution in [2.75, 3.05) is 20.1 Å². The van der Waals surface area contributed by atoms with E-state index in [1.54, 1.807) is 12.1 Å². The van der Waals surface area contributed by atoms with Crippen molar-refractivity contribution < 1.29 is 9.18 Å². The first-order chi connectivity index (χ1) is 8.13. The highest BCUT2D eigenvalue weighted by atomic mass is 35.5. The summed E-state index contributed by atoms with van der Waals surface area (Å²) in [5.41, 5.74) is 1.03. The SMILES string of the molecule is CNCCC(=O)NCC(C)c1ccc(F)cc1.Cl. The van der Waals surface area contributed by atoms with E-state index in [4.69, 9.17) is 0 Å². The number of rotatable bonds is 6. The number of nitrogens with one attached hydrogen (secondary N) is 2. The third-order valence-electron chi connectivity index (χ3n) is 2.65. The summed E-state index contributed by atoms with van der Waals surface area (Å²) in [7, 11) is 1.81. The molecule has 1 amide bonds. The van der Waals surface area contributed by atoms with Crippen molar-refractivity contribution in [1.82, 2.24) is 10.6 Å². The number of hydrogen-bond acceptors (Lipinski definition) is 2. The first-order valence-corrected chi connectivity index (χ1v) is 5.80. The van der Waals surface area contributed by atoms with Crippen LogP contribution in [0.25, 0.3) is 0 Å². The van der Waals surface area contributed by atoms with Gasteiger partial charge in [-0.25, -0.2) is 4.39 Å². The Kier molecular flexibility index (Phi) is 8.33. The van der Waals surface area contributed by atoms with Crippen LogP contribution in [0.2, 0.25) is 0 Å². The smallest absolute Gasteiger partial charge is 0.221 e. The number of carbonyl (C=O) groups excluding carboxylic acids is 1. The van der Waals surface area contributed by atoms with Gasteiger partial charge in [0.2, 0.25) is 5.91 Å². The summed E-state index contributed by atoms with van der Waals surface area (Å²) in [6, 6.07) is 6.38. The minimum absolute atomic E-state index is 0. The van der Waals surface area contributed by atoms with Gasteiger partial charge in [-0.3, -0.25) is 4.79 Å². The molecule has 3 nitrogen and oxygen atoms in total. The Bertz CT molecular complexity index is 357. The van der Waals surface area contributed by atoms with E-state index in [1.165, 1.54) is 12.1 Å². The fourth-order valence-electron chi connectivity index (χ4n) is 1.50. The fraction of sp³-hybridized carbons (Fsp3) is 0.462. The molecule has 1 atom stereocenters. The van der Waals surface area contributed by atoms with Crippen molar-refractivity contribution in [1.29, 1.82) is 0 Å². The van der Waals surface area contributed by atoms with Gasteiger partial charge < -0.3 is 10.6 Å². The van der Waals surface area contributed by atoms with E-state index in [1.807, 2.05) is 14.0 Å². The van der Waals surface area contributed by atoms with E-state index in [0.717, 1.165) is 5.56 Å². The van der Waals surface area contributed by atoms with Crippen molar-refractivity contribution in [2.45, 2.75) is 19.3 Å². The predicted molar refractivity (Wildman–Crippen MR) is 73.6 cm³/mol. The van der Waals surface area contributed by atoms with Gasteiger partial charge in [-0.15, -0.1) is 12.4 Å². The van der Waals surface area contributed by atoms with E-state index in [2.05, 4.69) is 10.6 Å². The Morgan fingerprint density at radius 3 is 2.50 bits per heavy atom. The van der Waals surface area contributed by atoms with Crippen LogP contribution < -0.4 is 10.6 Å². The molecule has 0 bridgehead atoms. The second-order valence-electron chi connectivity index (χ2n) is 4.11. The van der Waals surface area contributed by atoms with Crippen molar-refractivity contribution in [3.05, 3.63) is 35.6 Å². The largest absolute Gasteiger partial charge is 0.355 e. The van der Waals surface area contributed by atoms with Crippen LogP contribution in [0.4, 0.5) is 4.39 Å². The van der Waals surface area contributed by atoms with Crippen molar-refractivity contribution in [3.8, 4) is 0 Å². The zero-order valence-electron chi connectivity index (χ0n) is 10.7. The quantitative estimate of drug-likeness (QED) is 0.834. The lowest BCUT2D eigenvalue weighted by atomic mass is 10.0. The number of benzene rings is 1. The van der Waals surface area contributed by atoms with Gasteiger partial charge in [0.25, 0.3) is 0 Å². The Balaban J connectivity index is 0.00000289. The number of halogens is 2. The molecule has 0 aliphatic carbocycles. The Labute approximate surface area is 114 Å². The molecule has 5 heteroatoms. The highest BCUT2D eigenvalue weighted by Crippen LogP contribution is 2.14. The van der Waals surface area contributed by atoms with Crippen LogP contribution in [0.3, 0.4) is 0 Å². The molecule has 1 aromatic carbocycles. The highest BCUT2D eigenvalue weighted by Gasteiger charge is 2.07. The number of hydrogen-bond donors (Lipinski definition) is 2. The maximum absolute atomic E-state index is 12.7. The Morgan fingerprint density at radius 1 is 1.33 bits per heavy atom. The van der Waals surface area contributed by atoms with Gasteiger partial charge in [-0.05, 0) is 30.7 Å². The maximum atomic E-state index is 12.7. The van der Waals surface area contributed by atoms with Gasteiger partial charge in [0.15, 0.2) is 0 Å². The van der Waals surface area contributed by atoms with Crippen LogP contribution in [0, 0.1) is 5.82 Å². The summed E-state index contributed by atoms with van der Waals surface area (Å²) in [4.78, 5) is 11.4. The van der Waals surface area contributed by atoms with Crippen molar-refractivity contribution in [3.63, 3.8) is 0 Å². The third-order valence-corrected chi connectivity index (χ3v) is 2.65. The normalized spacial score (nSPS) is 11.5. The number of amides is 1. The molecule has 1 rings (SSSR count). The lowest BCUT2D eigenvalue weighted by molar-refractivity contribution is -0.121. The molecule has 0 aliphatic rings. The van der Waals surface area contributed by atoms with Crippen molar-refractivity contribution in [2.24, 2.45) is 0 Å². The molecule has 0 saturated carbocycles. The fourth-order valence-corrected chi connectivity index (χ4v) is 1.50. The summed E-state index contributed by atoms with van der Waals surface area (Å²) < 4.78 is 12.7. The summed E-state index contributed by atoms with van der Waals surface area (Å²) in [5, 5.41) is 5.78. The second kappa shape index (κ2) is 8.89. The first kappa shape index (κ1) is 16.9. The first-order valence-electron chi connectivity index (χ1n) is 5.80. The van der Waals surface area contributed by atoms with Gasteiger partial charge in [-0.2, -0.15) is 0 Å². The topological polar surface area (TPSA) is 41.1 Å². The summed E-state index contributed by atoms with van der Waals surface area (Å²) in [6.07, 6.45) is 0.479. The van der Waals surface area contributed by atoms with Crippen LogP contribution >= 0.6 is 12.4 Å². The van der Waals surface area contributed by atoms with E-state index in [-0.39, 0.29) is 30.0 Å². The molecule has 0 fully saturated rings. The molecule has 0 aromatic heterocycles. The molecule has 0 heterocycles. The lowest BCUT2D eigenvalue weighted by Crippen LogP contribution is -2.29.